The summed E-state index contributed by atoms with van der Waals surface area (Å²) in [6.07, 6.45) is 1.45. The summed E-state index contributed by atoms with van der Waals surface area (Å²) in [6.45, 7) is -1.85. The predicted molar refractivity (Wildman–Crippen MR) is 66.2 cm³/mol. The zero-order valence-electron chi connectivity index (χ0n) is 10.4. The summed E-state index contributed by atoms with van der Waals surface area (Å²) in [5.41, 5.74) is 5.93. The average Bonchev–Trinajstić information content (AvgIpc) is 2.39. The van der Waals surface area contributed by atoms with E-state index in [9.17, 15) is 13.6 Å². The zero-order valence-corrected chi connectivity index (χ0v) is 10.4. The van der Waals surface area contributed by atoms with Gasteiger partial charge in [-0.1, -0.05) is 12.1 Å². The third-order valence-electron chi connectivity index (χ3n) is 3.16. The van der Waals surface area contributed by atoms with Crippen LogP contribution in [0.5, 0.6) is 5.75 Å². The summed E-state index contributed by atoms with van der Waals surface area (Å²) >= 11 is 0. The van der Waals surface area contributed by atoms with Crippen LogP contribution < -0.4 is 10.5 Å². The van der Waals surface area contributed by atoms with Crippen LogP contribution in [-0.2, 0) is 0 Å². The molecule has 0 saturated carbocycles. The summed E-state index contributed by atoms with van der Waals surface area (Å²) in [6, 6.07) is 6.16. The van der Waals surface area contributed by atoms with Gasteiger partial charge in [0.1, 0.15) is 5.75 Å². The molecular formula is C13H16F2N2O2. The number of likely N-dealkylation sites (tertiary alicyclic amines) is 1. The lowest BCUT2D eigenvalue weighted by Crippen LogP contribution is -2.43. The lowest BCUT2D eigenvalue weighted by Gasteiger charge is -2.30. The lowest BCUT2D eigenvalue weighted by molar-refractivity contribution is -0.0503. The number of para-hydroxylation sites is 1. The number of benzene rings is 1. The Morgan fingerprint density at radius 3 is 2.58 bits per heavy atom. The fourth-order valence-electron chi connectivity index (χ4n) is 2.11. The van der Waals surface area contributed by atoms with E-state index in [1.54, 1.807) is 17.0 Å². The minimum Gasteiger partial charge on any atom is -0.434 e. The Balaban J connectivity index is 2.14. The summed E-state index contributed by atoms with van der Waals surface area (Å²) in [7, 11) is 0. The van der Waals surface area contributed by atoms with Gasteiger partial charge in [0.05, 0.1) is 5.56 Å². The van der Waals surface area contributed by atoms with Crippen molar-refractivity contribution in [3.63, 3.8) is 0 Å². The van der Waals surface area contributed by atoms with Gasteiger partial charge in [0, 0.05) is 19.1 Å². The molecule has 4 nitrogen and oxygen atoms in total. The molecule has 1 aromatic carbocycles. The van der Waals surface area contributed by atoms with Crippen molar-refractivity contribution >= 4 is 5.91 Å². The van der Waals surface area contributed by atoms with E-state index >= 15 is 0 Å². The molecule has 0 aromatic heterocycles. The van der Waals surface area contributed by atoms with E-state index in [-0.39, 0.29) is 23.3 Å². The number of alkyl halides is 2. The maximum Gasteiger partial charge on any atom is 0.387 e. The molecule has 2 N–H and O–H groups in total. The number of carbonyl (C=O) groups excluding carboxylic acids is 1. The van der Waals surface area contributed by atoms with Crippen molar-refractivity contribution < 1.29 is 18.3 Å². The standard InChI is InChI=1S/C13H16F2N2O2/c14-13(15)19-11-4-2-1-3-10(11)12(18)17-7-5-9(16)6-8-17/h1-4,9,13H,5-8,16H2. The van der Waals surface area contributed by atoms with E-state index in [0.717, 1.165) is 12.8 Å². The van der Waals surface area contributed by atoms with E-state index in [1.165, 1.54) is 12.1 Å². The van der Waals surface area contributed by atoms with Gasteiger partial charge in [0.25, 0.3) is 5.91 Å². The number of hydrogen-bond donors (Lipinski definition) is 1. The van der Waals surface area contributed by atoms with Crippen molar-refractivity contribution in [2.24, 2.45) is 5.73 Å². The van der Waals surface area contributed by atoms with Crippen LogP contribution in [0.15, 0.2) is 24.3 Å². The van der Waals surface area contributed by atoms with Gasteiger partial charge in [-0.25, -0.2) is 0 Å². The Morgan fingerprint density at radius 2 is 1.95 bits per heavy atom. The molecule has 0 bridgehead atoms. The summed E-state index contributed by atoms with van der Waals surface area (Å²) < 4.78 is 29.0. The fraction of sp³-hybridized carbons (Fsp3) is 0.462. The number of amides is 1. The number of hydrogen-bond acceptors (Lipinski definition) is 3. The van der Waals surface area contributed by atoms with Gasteiger partial charge in [0.15, 0.2) is 0 Å². The summed E-state index contributed by atoms with van der Waals surface area (Å²) in [5, 5.41) is 0. The highest BCUT2D eigenvalue weighted by Crippen LogP contribution is 2.23. The molecule has 1 amide bonds. The maximum atomic E-state index is 12.3. The Kier molecular flexibility index (Phi) is 4.31. The number of piperidine rings is 1. The Labute approximate surface area is 110 Å². The minimum absolute atomic E-state index is 0.0858. The van der Waals surface area contributed by atoms with Crippen LogP contribution in [0.1, 0.15) is 23.2 Å². The van der Waals surface area contributed by atoms with Gasteiger partial charge in [0.2, 0.25) is 0 Å². The third kappa shape index (κ3) is 3.41. The fourth-order valence-corrected chi connectivity index (χ4v) is 2.11. The third-order valence-corrected chi connectivity index (χ3v) is 3.16. The van der Waals surface area contributed by atoms with E-state index in [1.807, 2.05) is 0 Å². The molecule has 1 aromatic rings. The second-order valence-electron chi connectivity index (χ2n) is 4.50. The first kappa shape index (κ1) is 13.7. The van der Waals surface area contributed by atoms with Crippen molar-refractivity contribution in [3.8, 4) is 5.75 Å². The van der Waals surface area contributed by atoms with Gasteiger partial charge < -0.3 is 15.4 Å². The molecule has 1 heterocycles. The number of carbonyl (C=O) groups is 1. The largest absolute Gasteiger partial charge is 0.434 e. The Hall–Kier alpha value is -1.69. The smallest absolute Gasteiger partial charge is 0.387 e. The second kappa shape index (κ2) is 5.97. The minimum atomic E-state index is -2.94. The first-order chi connectivity index (χ1) is 9.08. The number of nitrogens with two attached hydrogens (primary N) is 1. The van der Waals surface area contributed by atoms with Crippen molar-refractivity contribution in [1.29, 1.82) is 0 Å². The molecule has 0 radical (unpaired) electrons. The SMILES string of the molecule is NC1CCN(C(=O)c2ccccc2OC(F)F)CC1. The van der Waals surface area contributed by atoms with Gasteiger partial charge in [-0.15, -0.1) is 0 Å². The van der Waals surface area contributed by atoms with Crippen LogP contribution in [-0.4, -0.2) is 36.5 Å². The van der Waals surface area contributed by atoms with E-state index in [4.69, 9.17) is 5.73 Å². The zero-order chi connectivity index (χ0) is 13.8. The number of halogens is 2. The highest BCUT2D eigenvalue weighted by atomic mass is 19.3. The van der Waals surface area contributed by atoms with E-state index in [2.05, 4.69) is 4.74 Å². The highest BCUT2D eigenvalue weighted by Gasteiger charge is 2.24. The number of rotatable bonds is 3. The molecule has 2 rings (SSSR count). The number of nitrogens with zero attached hydrogens (tertiary/aromatic N) is 1. The van der Waals surface area contributed by atoms with E-state index in [0.29, 0.717) is 13.1 Å². The highest BCUT2D eigenvalue weighted by molar-refractivity contribution is 5.97. The molecule has 1 fully saturated rings. The molecule has 1 aliphatic heterocycles. The monoisotopic (exact) mass is 270 g/mol. The molecule has 1 saturated heterocycles. The van der Waals surface area contributed by atoms with Crippen molar-refractivity contribution in [2.75, 3.05) is 13.1 Å². The normalized spacial score (nSPS) is 16.7. The van der Waals surface area contributed by atoms with Crippen LogP contribution in [0.25, 0.3) is 0 Å². The van der Waals surface area contributed by atoms with Crippen LogP contribution >= 0.6 is 0 Å². The van der Waals surface area contributed by atoms with E-state index < -0.39 is 6.61 Å². The molecule has 1 aliphatic rings. The van der Waals surface area contributed by atoms with Crippen LogP contribution in [0.4, 0.5) is 8.78 Å². The summed E-state index contributed by atoms with van der Waals surface area (Å²) in [4.78, 5) is 13.9. The number of ether oxygens (including phenoxy) is 1. The van der Waals surface area contributed by atoms with Crippen molar-refractivity contribution in [2.45, 2.75) is 25.5 Å². The van der Waals surface area contributed by atoms with Crippen LogP contribution in [0.2, 0.25) is 0 Å². The Morgan fingerprint density at radius 1 is 1.32 bits per heavy atom. The van der Waals surface area contributed by atoms with Crippen LogP contribution in [0, 0.1) is 0 Å². The molecule has 19 heavy (non-hydrogen) atoms. The van der Waals surface area contributed by atoms with Gasteiger partial charge >= 0.3 is 6.61 Å². The van der Waals surface area contributed by atoms with Crippen molar-refractivity contribution in [1.82, 2.24) is 4.90 Å². The topological polar surface area (TPSA) is 55.6 Å². The Bertz CT molecular complexity index is 446. The first-order valence-electron chi connectivity index (χ1n) is 6.16. The first-order valence-corrected chi connectivity index (χ1v) is 6.16. The van der Waals surface area contributed by atoms with Gasteiger partial charge in [-0.3, -0.25) is 4.79 Å². The lowest BCUT2D eigenvalue weighted by atomic mass is 10.0. The molecule has 0 aliphatic carbocycles. The average molecular weight is 270 g/mol. The molecule has 0 atom stereocenters. The maximum absolute atomic E-state index is 12.3. The second-order valence-corrected chi connectivity index (χ2v) is 4.50. The summed E-state index contributed by atoms with van der Waals surface area (Å²) in [5.74, 6) is -0.375. The molecule has 6 heteroatoms. The molecule has 0 unspecified atom stereocenters. The predicted octanol–water partition coefficient (Wildman–Crippen LogP) is 1.85. The molecular weight excluding hydrogens is 254 g/mol. The molecule has 104 valence electrons. The van der Waals surface area contributed by atoms with Gasteiger partial charge in [-0.2, -0.15) is 8.78 Å². The van der Waals surface area contributed by atoms with Gasteiger partial charge in [-0.05, 0) is 25.0 Å². The van der Waals surface area contributed by atoms with Crippen molar-refractivity contribution in [3.05, 3.63) is 29.8 Å². The quantitative estimate of drug-likeness (QED) is 0.912. The molecule has 0 spiro atoms. The van der Waals surface area contributed by atoms with Crippen LogP contribution in [0.3, 0.4) is 0 Å².